The SMILES string of the molecule is CCn1cc(C(=O)NCCC2=CCCCC2)c2cc(OC)c(OC)cc2c1=O. The molecule has 6 nitrogen and oxygen atoms in total. The van der Waals surface area contributed by atoms with Crippen molar-refractivity contribution in [1.29, 1.82) is 0 Å². The number of amides is 1. The minimum absolute atomic E-state index is 0.151. The van der Waals surface area contributed by atoms with Crippen molar-refractivity contribution < 1.29 is 14.3 Å². The number of nitrogens with zero attached hydrogens (tertiary/aromatic N) is 1. The second-order valence-corrected chi connectivity index (χ2v) is 7.00. The molecule has 1 N–H and O–H groups in total. The van der Waals surface area contributed by atoms with E-state index in [4.69, 9.17) is 9.47 Å². The van der Waals surface area contributed by atoms with Gasteiger partial charge in [0, 0.05) is 24.7 Å². The number of hydrogen-bond donors (Lipinski definition) is 1. The Morgan fingerprint density at radius 2 is 1.86 bits per heavy atom. The molecule has 28 heavy (non-hydrogen) atoms. The number of carbonyl (C=O) groups is 1. The third kappa shape index (κ3) is 4.06. The maximum Gasteiger partial charge on any atom is 0.258 e. The Morgan fingerprint density at radius 3 is 2.46 bits per heavy atom. The molecule has 1 aliphatic rings. The number of aromatic nitrogens is 1. The number of allylic oxidation sites excluding steroid dienone is 1. The van der Waals surface area contributed by atoms with E-state index in [1.54, 1.807) is 22.9 Å². The summed E-state index contributed by atoms with van der Waals surface area (Å²) in [7, 11) is 3.06. The molecule has 0 radical (unpaired) electrons. The zero-order valence-electron chi connectivity index (χ0n) is 16.8. The van der Waals surface area contributed by atoms with Gasteiger partial charge in [0.25, 0.3) is 11.5 Å². The monoisotopic (exact) mass is 384 g/mol. The Hall–Kier alpha value is -2.76. The van der Waals surface area contributed by atoms with Gasteiger partial charge in [-0.1, -0.05) is 11.6 Å². The number of carbonyl (C=O) groups excluding carboxylic acids is 1. The van der Waals surface area contributed by atoms with Crippen molar-refractivity contribution in [2.75, 3.05) is 20.8 Å². The Morgan fingerprint density at radius 1 is 1.14 bits per heavy atom. The molecule has 0 bridgehead atoms. The number of fused-ring (bicyclic) bond motifs is 1. The van der Waals surface area contributed by atoms with Crippen LogP contribution in [0, 0.1) is 0 Å². The number of methoxy groups -OCH3 is 2. The molecule has 1 aromatic carbocycles. The van der Waals surface area contributed by atoms with Gasteiger partial charge >= 0.3 is 0 Å². The number of aryl methyl sites for hydroxylation is 1. The highest BCUT2D eigenvalue weighted by Crippen LogP contribution is 2.32. The van der Waals surface area contributed by atoms with Crippen LogP contribution >= 0.6 is 0 Å². The summed E-state index contributed by atoms with van der Waals surface area (Å²) in [6.07, 6.45) is 9.53. The van der Waals surface area contributed by atoms with Gasteiger partial charge in [-0.3, -0.25) is 9.59 Å². The fraction of sp³-hybridized carbons (Fsp3) is 0.455. The second-order valence-electron chi connectivity index (χ2n) is 7.00. The molecule has 0 spiro atoms. The van der Waals surface area contributed by atoms with E-state index in [1.165, 1.54) is 32.6 Å². The van der Waals surface area contributed by atoms with Crippen molar-refractivity contribution in [2.45, 2.75) is 45.6 Å². The van der Waals surface area contributed by atoms with Gasteiger partial charge in [-0.15, -0.1) is 0 Å². The molecule has 0 unspecified atom stereocenters. The van der Waals surface area contributed by atoms with Gasteiger partial charge in [-0.25, -0.2) is 0 Å². The number of hydrogen-bond acceptors (Lipinski definition) is 4. The van der Waals surface area contributed by atoms with Crippen molar-refractivity contribution in [3.63, 3.8) is 0 Å². The lowest BCUT2D eigenvalue weighted by Crippen LogP contribution is -2.28. The molecule has 2 aromatic rings. The van der Waals surface area contributed by atoms with Crippen LogP contribution in [0.1, 0.15) is 49.4 Å². The predicted octanol–water partition coefficient (Wildman–Crippen LogP) is 3.66. The molecular weight excluding hydrogens is 356 g/mol. The molecule has 0 aliphatic heterocycles. The van der Waals surface area contributed by atoms with Gasteiger partial charge in [-0.05, 0) is 51.2 Å². The van der Waals surface area contributed by atoms with Crippen LogP contribution in [-0.2, 0) is 6.54 Å². The summed E-state index contributed by atoms with van der Waals surface area (Å²) in [5, 5.41) is 4.03. The van der Waals surface area contributed by atoms with Gasteiger partial charge in [0.15, 0.2) is 11.5 Å². The van der Waals surface area contributed by atoms with Gasteiger partial charge < -0.3 is 19.4 Å². The molecule has 0 saturated carbocycles. The lowest BCUT2D eigenvalue weighted by atomic mass is 9.97. The Labute approximate surface area is 165 Å². The second kappa shape index (κ2) is 8.95. The fourth-order valence-corrected chi connectivity index (χ4v) is 3.70. The van der Waals surface area contributed by atoms with Gasteiger partial charge in [0.2, 0.25) is 0 Å². The summed E-state index contributed by atoms with van der Waals surface area (Å²) >= 11 is 0. The number of pyridine rings is 1. The Bertz CT molecular complexity index is 959. The topological polar surface area (TPSA) is 69.6 Å². The van der Waals surface area contributed by atoms with Crippen LogP contribution in [0.3, 0.4) is 0 Å². The quantitative estimate of drug-likeness (QED) is 0.740. The highest BCUT2D eigenvalue weighted by atomic mass is 16.5. The van der Waals surface area contributed by atoms with E-state index < -0.39 is 0 Å². The molecule has 1 heterocycles. The van der Waals surface area contributed by atoms with Crippen molar-refractivity contribution in [1.82, 2.24) is 9.88 Å². The van der Waals surface area contributed by atoms with Crippen LogP contribution in [0.5, 0.6) is 11.5 Å². The summed E-state index contributed by atoms with van der Waals surface area (Å²) in [6.45, 7) is 2.95. The first-order valence-electron chi connectivity index (χ1n) is 9.84. The maximum absolute atomic E-state index is 12.9. The lowest BCUT2D eigenvalue weighted by molar-refractivity contribution is 0.0955. The largest absolute Gasteiger partial charge is 0.493 e. The number of ether oxygens (including phenoxy) is 2. The molecule has 1 aliphatic carbocycles. The zero-order valence-corrected chi connectivity index (χ0v) is 16.8. The van der Waals surface area contributed by atoms with E-state index in [-0.39, 0.29) is 11.5 Å². The van der Waals surface area contributed by atoms with Crippen molar-refractivity contribution in [3.05, 3.63) is 45.9 Å². The normalized spacial score (nSPS) is 13.9. The van der Waals surface area contributed by atoms with Crippen LogP contribution in [0.15, 0.2) is 34.8 Å². The van der Waals surface area contributed by atoms with E-state index in [2.05, 4.69) is 11.4 Å². The Balaban J connectivity index is 1.94. The van der Waals surface area contributed by atoms with E-state index >= 15 is 0 Å². The van der Waals surface area contributed by atoms with E-state index in [1.807, 2.05) is 6.92 Å². The molecule has 6 heteroatoms. The average molecular weight is 384 g/mol. The summed E-state index contributed by atoms with van der Waals surface area (Å²) < 4.78 is 12.2. The molecule has 150 valence electrons. The molecule has 1 amide bonds. The fourth-order valence-electron chi connectivity index (χ4n) is 3.70. The molecule has 0 saturated heterocycles. The standard InChI is InChI=1S/C22H28N2O4/c1-4-24-14-18(21(25)23-11-10-15-8-6-5-7-9-15)16-12-19(27-2)20(28-3)13-17(16)22(24)26/h8,12-14H,4-7,9-11H2,1-3H3,(H,23,25). The number of nitrogens with one attached hydrogen (secondary N) is 1. The first-order valence-corrected chi connectivity index (χ1v) is 9.84. The molecule has 3 rings (SSSR count). The lowest BCUT2D eigenvalue weighted by Gasteiger charge is -2.15. The van der Waals surface area contributed by atoms with Crippen LogP contribution in [0.4, 0.5) is 0 Å². The average Bonchev–Trinajstić information content (AvgIpc) is 2.73. The van der Waals surface area contributed by atoms with E-state index in [0.717, 1.165) is 19.3 Å². The van der Waals surface area contributed by atoms with Crippen LogP contribution in [0.25, 0.3) is 10.8 Å². The molecule has 0 atom stereocenters. The minimum atomic E-state index is -0.184. The van der Waals surface area contributed by atoms with Crippen LogP contribution < -0.4 is 20.3 Å². The third-order valence-corrected chi connectivity index (χ3v) is 5.29. The smallest absolute Gasteiger partial charge is 0.258 e. The highest BCUT2D eigenvalue weighted by Gasteiger charge is 2.18. The predicted molar refractivity (Wildman–Crippen MR) is 110 cm³/mol. The molecular formula is C22H28N2O4. The first-order chi connectivity index (χ1) is 13.6. The first kappa shape index (κ1) is 20.0. The summed E-state index contributed by atoms with van der Waals surface area (Å²) in [6, 6.07) is 3.35. The van der Waals surface area contributed by atoms with Crippen molar-refractivity contribution in [3.8, 4) is 11.5 Å². The number of benzene rings is 1. The van der Waals surface area contributed by atoms with E-state index in [0.29, 0.717) is 40.9 Å². The number of rotatable bonds is 7. The summed E-state index contributed by atoms with van der Waals surface area (Å²) in [5.74, 6) is 0.775. The van der Waals surface area contributed by atoms with Gasteiger partial charge in [0.05, 0.1) is 25.2 Å². The van der Waals surface area contributed by atoms with E-state index in [9.17, 15) is 9.59 Å². The summed E-state index contributed by atoms with van der Waals surface area (Å²) in [4.78, 5) is 25.7. The van der Waals surface area contributed by atoms with Crippen molar-refractivity contribution >= 4 is 16.7 Å². The van der Waals surface area contributed by atoms with Gasteiger partial charge in [-0.2, -0.15) is 0 Å². The van der Waals surface area contributed by atoms with Crippen LogP contribution in [0.2, 0.25) is 0 Å². The summed E-state index contributed by atoms with van der Waals surface area (Å²) in [5.41, 5.74) is 1.73. The minimum Gasteiger partial charge on any atom is -0.493 e. The van der Waals surface area contributed by atoms with Gasteiger partial charge in [0.1, 0.15) is 0 Å². The molecule has 1 aromatic heterocycles. The third-order valence-electron chi connectivity index (χ3n) is 5.29. The Kier molecular flexibility index (Phi) is 6.39. The van der Waals surface area contributed by atoms with Crippen molar-refractivity contribution in [2.24, 2.45) is 0 Å². The zero-order chi connectivity index (χ0) is 20.1. The maximum atomic E-state index is 12.9. The highest BCUT2D eigenvalue weighted by molar-refractivity contribution is 6.07. The molecule has 0 fully saturated rings. The van der Waals surface area contributed by atoms with Crippen LogP contribution in [-0.4, -0.2) is 31.2 Å².